The Balaban J connectivity index is 2.36. The summed E-state index contributed by atoms with van der Waals surface area (Å²) in [5.41, 5.74) is 3.07. The minimum Gasteiger partial charge on any atom is -0.313 e. The van der Waals surface area contributed by atoms with Crippen LogP contribution in [0.25, 0.3) is 5.69 Å². The summed E-state index contributed by atoms with van der Waals surface area (Å²) in [6.45, 7) is 5.88. The molecule has 18 heavy (non-hydrogen) atoms. The lowest BCUT2D eigenvalue weighted by Crippen LogP contribution is -2.13. The number of nitrogens with zero attached hydrogens (tertiary/aromatic N) is 2. The number of aromatic nitrogens is 2. The summed E-state index contributed by atoms with van der Waals surface area (Å²) in [5, 5.41) is 7.65. The average Bonchev–Trinajstić information content (AvgIpc) is 2.79. The van der Waals surface area contributed by atoms with E-state index in [0.29, 0.717) is 0 Å². The van der Waals surface area contributed by atoms with E-state index in [2.05, 4.69) is 24.3 Å². The molecule has 1 N–H and O–H groups in total. The van der Waals surface area contributed by atoms with Crippen LogP contribution in [0.3, 0.4) is 0 Å². The molecule has 0 radical (unpaired) electrons. The highest BCUT2D eigenvalue weighted by Crippen LogP contribution is 2.16. The second-order valence-electron chi connectivity index (χ2n) is 4.14. The summed E-state index contributed by atoms with van der Waals surface area (Å²) < 4.78 is 15.1. The van der Waals surface area contributed by atoms with E-state index in [1.165, 1.54) is 17.7 Å². The smallest absolute Gasteiger partial charge is 0.125 e. The molecule has 96 valence electrons. The van der Waals surface area contributed by atoms with E-state index in [0.717, 1.165) is 30.9 Å². The van der Waals surface area contributed by atoms with Gasteiger partial charge in [-0.1, -0.05) is 19.9 Å². The van der Waals surface area contributed by atoms with Crippen LogP contribution >= 0.6 is 0 Å². The van der Waals surface area contributed by atoms with Crippen molar-refractivity contribution in [2.45, 2.75) is 26.8 Å². The van der Waals surface area contributed by atoms with Crippen molar-refractivity contribution < 1.29 is 4.39 Å². The molecular weight excluding hydrogens is 229 g/mol. The number of benzene rings is 1. The van der Waals surface area contributed by atoms with E-state index in [1.807, 2.05) is 16.9 Å². The molecular formula is C14H18FN3. The van der Waals surface area contributed by atoms with Crippen molar-refractivity contribution >= 4 is 0 Å². The summed E-state index contributed by atoms with van der Waals surface area (Å²) >= 11 is 0. The molecule has 0 aliphatic heterocycles. The zero-order valence-corrected chi connectivity index (χ0v) is 10.8. The Kier molecular flexibility index (Phi) is 4.10. The number of halogens is 1. The van der Waals surface area contributed by atoms with Crippen LogP contribution < -0.4 is 5.32 Å². The Morgan fingerprint density at radius 1 is 1.33 bits per heavy atom. The average molecular weight is 247 g/mol. The van der Waals surface area contributed by atoms with Gasteiger partial charge in [0.2, 0.25) is 0 Å². The van der Waals surface area contributed by atoms with Crippen LogP contribution in [0.5, 0.6) is 0 Å². The van der Waals surface area contributed by atoms with Crippen molar-refractivity contribution in [3.63, 3.8) is 0 Å². The standard InChI is InChI=1S/C14H18FN3/c1-3-14-11(9-16-4-2)10-17-18(14)13-7-5-6-12(15)8-13/h5-8,10,16H,3-4,9H2,1-2H3. The molecule has 2 rings (SSSR count). The molecule has 0 atom stereocenters. The van der Waals surface area contributed by atoms with Gasteiger partial charge in [-0.2, -0.15) is 5.10 Å². The molecule has 3 nitrogen and oxygen atoms in total. The largest absolute Gasteiger partial charge is 0.313 e. The molecule has 0 spiro atoms. The van der Waals surface area contributed by atoms with Gasteiger partial charge >= 0.3 is 0 Å². The van der Waals surface area contributed by atoms with E-state index in [-0.39, 0.29) is 5.82 Å². The van der Waals surface area contributed by atoms with Crippen molar-refractivity contribution in [3.8, 4) is 5.69 Å². The van der Waals surface area contributed by atoms with Crippen molar-refractivity contribution in [2.75, 3.05) is 6.54 Å². The molecule has 0 unspecified atom stereocenters. The molecule has 1 aromatic heterocycles. The highest BCUT2D eigenvalue weighted by Gasteiger charge is 2.10. The Bertz CT molecular complexity index is 520. The maximum absolute atomic E-state index is 13.2. The molecule has 0 bridgehead atoms. The fourth-order valence-corrected chi connectivity index (χ4v) is 2.02. The van der Waals surface area contributed by atoms with Gasteiger partial charge in [0, 0.05) is 17.8 Å². The first-order chi connectivity index (χ1) is 8.76. The zero-order valence-electron chi connectivity index (χ0n) is 10.8. The van der Waals surface area contributed by atoms with Crippen LogP contribution in [0.4, 0.5) is 4.39 Å². The lowest BCUT2D eigenvalue weighted by molar-refractivity contribution is 0.624. The fourth-order valence-electron chi connectivity index (χ4n) is 2.02. The summed E-state index contributed by atoms with van der Waals surface area (Å²) in [6.07, 6.45) is 2.73. The number of nitrogens with one attached hydrogen (secondary N) is 1. The van der Waals surface area contributed by atoms with Crippen LogP contribution in [-0.4, -0.2) is 16.3 Å². The molecule has 1 heterocycles. The molecule has 0 saturated carbocycles. The Hall–Kier alpha value is -1.68. The first kappa shape index (κ1) is 12.8. The fraction of sp³-hybridized carbons (Fsp3) is 0.357. The van der Waals surface area contributed by atoms with Crippen LogP contribution in [-0.2, 0) is 13.0 Å². The van der Waals surface area contributed by atoms with Gasteiger partial charge in [-0.05, 0) is 31.2 Å². The molecule has 0 aliphatic rings. The monoisotopic (exact) mass is 247 g/mol. The van der Waals surface area contributed by atoms with Crippen molar-refractivity contribution in [3.05, 3.63) is 47.5 Å². The molecule has 2 aromatic rings. The zero-order chi connectivity index (χ0) is 13.0. The second-order valence-corrected chi connectivity index (χ2v) is 4.14. The first-order valence-electron chi connectivity index (χ1n) is 6.28. The third-order valence-corrected chi connectivity index (χ3v) is 2.91. The predicted molar refractivity (Wildman–Crippen MR) is 70.3 cm³/mol. The van der Waals surface area contributed by atoms with E-state index < -0.39 is 0 Å². The van der Waals surface area contributed by atoms with Gasteiger partial charge in [-0.3, -0.25) is 0 Å². The third-order valence-electron chi connectivity index (χ3n) is 2.91. The maximum atomic E-state index is 13.2. The Morgan fingerprint density at radius 3 is 2.83 bits per heavy atom. The number of rotatable bonds is 5. The Morgan fingerprint density at radius 2 is 2.17 bits per heavy atom. The summed E-state index contributed by atoms with van der Waals surface area (Å²) in [7, 11) is 0. The number of hydrogen-bond donors (Lipinski definition) is 1. The normalized spacial score (nSPS) is 10.8. The van der Waals surface area contributed by atoms with E-state index in [9.17, 15) is 4.39 Å². The SMILES string of the molecule is CCNCc1cnn(-c2cccc(F)c2)c1CC. The minimum atomic E-state index is -0.238. The van der Waals surface area contributed by atoms with Gasteiger partial charge in [-0.25, -0.2) is 9.07 Å². The van der Waals surface area contributed by atoms with E-state index >= 15 is 0 Å². The minimum absolute atomic E-state index is 0.238. The molecule has 0 amide bonds. The van der Waals surface area contributed by atoms with Gasteiger partial charge in [0.1, 0.15) is 5.82 Å². The Labute approximate surface area is 107 Å². The lowest BCUT2D eigenvalue weighted by Gasteiger charge is -2.08. The maximum Gasteiger partial charge on any atom is 0.125 e. The van der Waals surface area contributed by atoms with Crippen molar-refractivity contribution in [1.29, 1.82) is 0 Å². The third kappa shape index (κ3) is 2.59. The highest BCUT2D eigenvalue weighted by atomic mass is 19.1. The van der Waals surface area contributed by atoms with Gasteiger partial charge in [-0.15, -0.1) is 0 Å². The van der Waals surface area contributed by atoms with Gasteiger partial charge in [0.15, 0.2) is 0 Å². The van der Waals surface area contributed by atoms with E-state index in [1.54, 1.807) is 6.07 Å². The molecule has 0 aliphatic carbocycles. The highest BCUT2D eigenvalue weighted by molar-refractivity contribution is 5.35. The van der Waals surface area contributed by atoms with Gasteiger partial charge in [0.25, 0.3) is 0 Å². The van der Waals surface area contributed by atoms with E-state index in [4.69, 9.17) is 0 Å². The lowest BCUT2D eigenvalue weighted by atomic mass is 10.2. The van der Waals surface area contributed by atoms with Crippen LogP contribution in [0.1, 0.15) is 25.1 Å². The van der Waals surface area contributed by atoms with Gasteiger partial charge < -0.3 is 5.32 Å². The molecule has 4 heteroatoms. The van der Waals surface area contributed by atoms with Crippen LogP contribution in [0.15, 0.2) is 30.5 Å². The second kappa shape index (κ2) is 5.78. The predicted octanol–water partition coefficient (Wildman–Crippen LogP) is 2.68. The topological polar surface area (TPSA) is 29.9 Å². The molecule has 0 saturated heterocycles. The molecule has 0 fully saturated rings. The summed E-state index contributed by atoms with van der Waals surface area (Å²) in [5.74, 6) is -0.238. The molecule has 1 aromatic carbocycles. The quantitative estimate of drug-likeness (QED) is 0.880. The van der Waals surface area contributed by atoms with Crippen molar-refractivity contribution in [1.82, 2.24) is 15.1 Å². The first-order valence-corrected chi connectivity index (χ1v) is 6.28. The van der Waals surface area contributed by atoms with Crippen LogP contribution in [0.2, 0.25) is 0 Å². The van der Waals surface area contributed by atoms with Gasteiger partial charge in [0.05, 0.1) is 11.9 Å². The van der Waals surface area contributed by atoms with Crippen molar-refractivity contribution in [2.24, 2.45) is 0 Å². The van der Waals surface area contributed by atoms with Crippen LogP contribution in [0, 0.1) is 5.82 Å². The number of hydrogen-bond acceptors (Lipinski definition) is 2. The summed E-state index contributed by atoms with van der Waals surface area (Å²) in [6, 6.07) is 6.52. The summed E-state index contributed by atoms with van der Waals surface area (Å²) in [4.78, 5) is 0.